The summed E-state index contributed by atoms with van der Waals surface area (Å²) in [5, 5.41) is 5.52. The van der Waals surface area contributed by atoms with Crippen LogP contribution < -0.4 is 29.7 Å². The minimum Gasteiger partial charge on any atom is -0.495 e. The maximum Gasteiger partial charge on any atom is 0.264 e. The minimum atomic E-state index is -0.748. The van der Waals surface area contributed by atoms with Crippen LogP contribution in [0.1, 0.15) is 6.42 Å². The van der Waals surface area contributed by atoms with E-state index in [4.69, 9.17) is 14.2 Å². The van der Waals surface area contributed by atoms with Gasteiger partial charge < -0.3 is 29.7 Å². The van der Waals surface area contributed by atoms with Gasteiger partial charge in [0.25, 0.3) is 5.91 Å². The molecule has 9 heteroatoms. The lowest BCUT2D eigenvalue weighted by molar-refractivity contribution is -0.130. The van der Waals surface area contributed by atoms with Crippen LogP contribution in [0.3, 0.4) is 0 Å². The summed E-state index contributed by atoms with van der Waals surface area (Å²) in [6.07, 6.45) is -0.620. The molecule has 0 unspecified atom stereocenters. The van der Waals surface area contributed by atoms with E-state index in [2.05, 4.69) is 10.6 Å². The summed E-state index contributed by atoms with van der Waals surface area (Å²) in [7, 11) is 1.54. The number of nitrogens with one attached hydrogen (secondary N) is 2. The molecule has 1 saturated heterocycles. The monoisotopic (exact) mass is 439 g/mol. The number of hydrogen-bond acceptors (Lipinski definition) is 6. The minimum absolute atomic E-state index is 0.123. The summed E-state index contributed by atoms with van der Waals surface area (Å²) in [5.74, 6) is 0.589. The van der Waals surface area contributed by atoms with Crippen molar-refractivity contribution in [3.05, 3.63) is 48.5 Å². The fraction of sp³-hybridized carbons (Fsp3) is 0.348. The molecule has 0 aromatic heterocycles. The standard InChI is InChI=1S/C23H25N3O6/c1-30-17-7-3-2-6-16(17)26-13-15(12-21(26)27)22(28)24-10-11-25-23(29)20-14-31-18-8-4-5-9-19(18)32-20/h2-9,15,20H,10-14H2,1H3,(H,24,28)(H,25,29)/t15-,20+/m0/s1. The van der Waals surface area contributed by atoms with E-state index in [0.717, 1.165) is 0 Å². The predicted molar refractivity (Wildman–Crippen MR) is 116 cm³/mol. The summed E-state index contributed by atoms with van der Waals surface area (Å²) in [6, 6.07) is 14.4. The van der Waals surface area contributed by atoms with Crippen LogP contribution in [0.15, 0.2) is 48.5 Å². The van der Waals surface area contributed by atoms with Crippen LogP contribution in [0.4, 0.5) is 5.69 Å². The molecule has 3 amide bonds. The van der Waals surface area contributed by atoms with E-state index in [1.165, 1.54) is 0 Å². The molecular weight excluding hydrogens is 414 g/mol. The number of rotatable bonds is 7. The highest BCUT2D eigenvalue weighted by Crippen LogP contribution is 2.33. The van der Waals surface area contributed by atoms with E-state index in [0.29, 0.717) is 22.9 Å². The smallest absolute Gasteiger partial charge is 0.264 e. The highest BCUT2D eigenvalue weighted by Gasteiger charge is 2.36. The number of nitrogens with zero attached hydrogens (tertiary/aromatic N) is 1. The van der Waals surface area contributed by atoms with E-state index in [9.17, 15) is 14.4 Å². The number of amides is 3. The summed E-state index contributed by atoms with van der Waals surface area (Å²) in [6.45, 7) is 0.888. The van der Waals surface area contributed by atoms with Crippen molar-refractivity contribution in [2.45, 2.75) is 12.5 Å². The van der Waals surface area contributed by atoms with Gasteiger partial charge in [0, 0.05) is 26.1 Å². The third kappa shape index (κ3) is 4.61. The summed E-state index contributed by atoms with van der Waals surface area (Å²) >= 11 is 0. The van der Waals surface area contributed by atoms with E-state index >= 15 is 0 Å². The lowest BCUT2D eigenvalue weighted by atomic mass is 10.1. The number of anilines is 1. The van der Waals surface area contributed by atoms with Crippen LogP contribution in [0.5, 0.6) is 17.2 Å². The summed E-state index contributed by atoms with van der Waals surface area (Å²) in [4.78, 5) is 38.9. The first-order valence-corrected chi connectivity index (χ1v) is 10.4. The zero-order valence-corrected chi connectivity index (χ0v) is 17.7. The molecule has 0 bridgehead atoms. The Balaban J connectivity index is 1.22. The van der Waals surface area contributed by atoms with Gasteiger partial charge in [0.15, 0.2) is 11.5 Å². The number of hydrogen-bond donors (Lipinski definition) is 2. The zero-order valence-electron chi connectivity index (χ0n) is 17.7. The number of fused-ring (bicyclic) bond motifs is 1. The Morgan fingerprint density at radius 3 is 2.50 bits per heavy atom. The van der Waals surface area contributed by atoms with E-state index in [1.807, 2.05) is 18.2 Å². The summed E-state index contributed by atoms with van der Waals surface area (Å²) in [5.41, 5.74) is 0.652. The molecular formula is C23H25N3O6. The Hall–Kier alpha value is -3.75. The van der Waals surface area contributed by atoms with Gasteiger partial charge in [-0.05, 0) is 24.3 Å². The number of benzene rings is 2. The number of ether oxygens (including phenoxy) is 3. The Morgan fingerprint density at radius 2 is 1.72 bits per heavy atom. The predicted octanol–water partition coefficient (Wildman–Crippen LogP) is 1.12. The quantitative estimate of drug-likeness (QED) is 0.627. The Labute approximate surface area is 185 Å². The van der Waals surface area contributed by atoms with Gasteiger partial charge in [0.2, 0.25) is 17.9 Å². The van der Waals surface area contributed by atoms with Crippen molar-refractivity contribution >= 4 is 23.4 Å². The van der Waals surface area contributed by atoms with Crippen LogP contribution in [-0.2, 0) is 14.4 Å². The molecule has 2 aromatic carbocycles. The van der Waals surface area contributed by atoms with Crippen molar-refractivity contribution in [2.75, 3.05) is 38.3 Å². The van der Waals surface area contributed by atoms with E-state index in [-0.39, 0.29) is 50.4 Å². The lowest BCUT2D eigenvalue weighted by Gasteiger charge is -2.25. The van der Waals surface area contributed by atoms with Crippen molar-refractivity contribution in [1.29, 1.82) is 0 Å². The molecule has 4 rings (SSSR count). The van der Waals surface area contributed by atoms with Crippen molar-refractivity contribution in [3.63, 3.8) is 0 Å². The normalized spacial score (nSPS) is 19.4. The molecule has 2 heterocycles. The molecule has 1 fully saturated rings. The molecule has 2 aromatic rings. The second-order valence-corrected chi connectivity index (χ2v) is 7.52. The Kier molecular flexibility index (Phi) is 6.44. The highest BCUT2D eigenvalue weighted by molar-refractivity contribution is 6.01. The molecule has 0 aliphatic carbocycles. The van der Waals surface area contributed by atoms with Gasteiger partial charge in [-0.2, -0.15) is 0 Å². The van der Waals surface area contributed by atoms with Crippen LogP contribution in [0.2, 0.25) is 0 Å². The lowest BCUT2D eigenvalue weighted by Crippen LogP contribution is -2.46. The molecule has 0 spiro atoms. The van der Waals surface area contributed by atoms with Gasteiger partial charge in [-0.15, -0.1) is 0 Å². The highest BCUT2D eigenvalue weighted by atomic mass is 16.6. The number of carbonyl (C=O) groups excluding carboxylic acids is 3. The molecule has 0 saturated carbocycles. The molecule has 0 radical (unpaired) electrons. The van der Waals surface area contributed by atoms with Crippen LogP contribution in [0, 0.1) is 5.92 Å². The maximum absolute atomic E-state index is 12.5. The van der Waals surface area contributed by atoms with Crippen molar-refractivity contribution in [2.24, 2.45) is 5.92 Å². The zero-order chi connectivity index (χ0) is 22.5. The molecule has 168 valence electrons. The first kappa shape index (κ1) is 21.5. The molecule has 32 heavy (non-hydrogen) atoms. The third-order valence-corrected chi connectivity index (χ3v) is 5.40. The first-order chi connectivity index (χ1) is 15.6. The SMILES string of the molecule is COc1ccccc1N1C[C@@H](C(=O)NCCNC(=O)[C@H]2COc3ccccc3O2)CC1=O. The summed E-state index contributed by atoms with van der Waals surface area (Å²) < 4.78 is 16.5. The van der Waals surface area contributed by atoms with Crippen LogP contribution in [-0.4, -0.2) is 57.2 Å². The largest absolute Gasteiger partial charge is 0.495 e. The van der Waals surface area contributed by atoms with Gasteiger partial charge in [-0.25, -0.2) is 0 Å². The van der Waals surface area contributed by atoms with Crippen LogP contribution in [0.25, 0.3) is 0 Å². The first-order valence-electron chi connectivity index (χ1n) is 10.4. The molecule has 9 nitrogen and oxygen atoms in total. The number of carbonyl (C=O) groups is 3. The average Bonchev–Trinajstić information content (AvgIpc) is 3.22. The molecule has 2 N–H and O–H groups in total. The van der Waals surface area contributed by atoms with Gasteiger partial charge >= 0.3 is 0 Å². The second-order valence-electron chi connectivity index (χ2n) is 7.52. The van der Waals surface area contributed by atoms with Crippen molar-refractivity contribution in [3.8, 4) is 17.2 Å². The number of methoxy groups -OCH3 is 1. The average molecular weight is 439 g/mol. The fourth-order valence-corrected chi connectivity index (χ4v) is 3.75. The van der Waals surface area contributed by atoms with Crippen LogP contribution >= 0.6 is 0 Å². The van der Waals surface area contributed by atoms with Gasteiger partial charge in [0.1, 0.15) is 12.4 Å². The third-order valence-electron chi connectivity index (χ3n) is 5.40. The molecule has 2 atom stereocenters. The second kappa shape index (κ2) is 9.59. The topological polar surface area (TPSA) is 106 Å². The molecule has 2 aliphatic rings. The van der Waals surface area contributed by atoms with Crippen molar-refractivity contribution in [1.82, 2.24) is 10.6 Å². The van der Waals surface area contributed by atoms with Crippen molar-refractivity contribution < 1.29 is 28.6 Å². The van der Waals surface area contributed by atoms with Gasteiger partial charge in [0.05, 0.1) is 18.7 Å². The Bertz CT molecular complexity index is 1010. The van der Waals surface area contributed by atoms with Gasteiger partial charge in [-0.3, -0.25) is 14.4 Å². The molecule has 2 aliphatic heterocycles. The Morgan fingerprint density at radius 1 is 1.03 bits per heavy atom. The van der Waals surface area contributed by atoms with E-state index < -0.39 is 12.0 Å². The van der Waals surface area contributed by atoms with E-state index in [1.54, 1.807) is 42.3 Å². The fourth-order valence-electron chi connectivity index (χ4n) is 3.75. The number of para-hydroxylation sites is 4. The van der Waals surface area contributed by atoms with Gasteiger partial charge in [-0.1, -0.05) is 24.3 Å². The maximum atomic E-state index is 12.5.